The van der Waals surface area contributed by atoms with Crippen LogP contribution in [0.25, 0.3) is 0 Å². The van der Waals surface area contributed by atoms with Crippen molar-refractivity contribution >= 4 is 11.7 Å². The molecule has 1 atom stereocenters. The molecular formula is C17H15N2O8-. The Kier molecular flexibility index (Phi) is 4.86. The normalized spacial score (nSPS) is 15.8. The summed E-state index contributed by atoms with van der Waals surface area (Å²) in [7, 11) is 1.12. The molecular weight excluding hydrogens is 360 g/mol. The predicted molar refractivity (Wildman–Crippen MR) is 90.7 cm³/mol. The zero-order valence-electron chi connectivity index (χ0n) is 14.0. The molecule has 10 heteroatoms. The van der Waals surface area contributed by atoms with Crippen molar-refractivity contribution in [2.24, 2.45) is 5.73 Å². The first-order valence-electron chi connectivity index (χ1n) is 7.67. The van der Waals surface area contributed by atoms with Gasteiger partial charge < -0.3 is 35.2 Å². The summed E-state index contributed by atoms with van der Waals surface area (Å²) in [4.78, 5) is 24.6. The molecule has 0 saturated heterocycles. The number of carbonyl (C=O) groups is 1. The quantitative estimate of drug-likeness (QED) is 0.512. The molecule has 0 amide bonds. The van der Waals surface area contributed by atoms with Gasteiger partial charge in [0.2, 0.25) is 17.1 Å². The fourth-order valence-electron chi connectivity index (χ4n) is 2.89. The third-order valence-electron chi connectivity index (χ3n) is 4.02. The Hall–Kier alpha value is -3.34. The third kappa shape index (κ3) is 3.12. The second-order valence-corrected chi connectivity index (χ2v) is 5.56. The second-order valence-electron chi connectivity index (χ2n) is 5.56. The number of ether oxygens (including phenoxy) is 2. The number of methoxy groups -OCH3 is 1. The van der Waals surface area contributed by atoms with Gasteiger partial charge in [-0.1, -0.05) is 18.2 Å². The lowest BCUT2D eigenvalue weighted by Gasteiger charge is -2.31. The van der Waals surface area contributed by atoms with Crippen LogP contribution in [0.5, 0.6) is 5.75 Å². The zero-order valence-corrected chi connectivity index (χ0v) is 14.0. The van der Waals surface area contributed by atoms with Gasteiger partial charge in [-0.25, -0.2) is 4.79 Å². The van der Waals surface area contributed by atoms with Crippen LogP contribution in [0.1, 0.15) is 23.0 Å². The summed E-state index contributed by atoms with van der Waals surface area (Å²) in [5.41, 5.74) is 4.88. The molecule has 4 N–H and O–H groups in total. The first-order chi connectivity index (χ1) is 12.9. The van der Waals surface area contributed by atoms with Crippen LogP contribution in [0.2, 0.25) is 0 Å². The predicted octanol–water partition coefficient (Wildman–Crippen LogP) is 0.693. The topological polar surface area (TPSA) is 159 Å². The molecule has 0 saturated carbocycles. The van der Waals surface area contributed by atoms with E-state index in [1.165, 1.54) is 18.2 Å². The molecule has 1 aliphatic rings. The number of para-hydroxylation sites is 1. The summed E-state index contributed by atoms with van der Waals surface area (Å²) >= 11 is 0. The van der Waals surface area contributed by atoms with E-state index in [1.807, 2.05) is 0 Å². The largest absolute Gasteiger partial charge is 0.733 e. The molecule has 0 bridgehead atoms. The molecule has 3 rings (SSSR count). The van der Waals surface area contributed by atoms with E-state index in [0.717, 1.165) is 13.2 Å². The Morgan fingerprint density at radius 3 is 2.74 bits per heavy atom. The van der Waals surface area contributed by atoms with E-state index in [-0.39, 0.29) is 39.3 Å². The molecule has 142 valence electrons. The van der Waals surface area contributed by atoms with Crippen LogP contribution in [-0.2, 0) is 16.1 Å². The number of esters is 1. The number of hydrogen-bond acceptors (Lipinski definition) is 10. The molecule has 1 aromatic heterocycles. The Morgan fingerprint density at radius 1 is 1.41 bits per heavy atom. The number of nitrogens with zero attached hydrogens (tertiary/aromatic N) is 1. The molecule has 1 aromatic carbocycles. The molecule has 0 unspecified atom stereocenters. The van der Waals surface area contributed by atoms with E-state index in [2.05, 4.69) is 0 Å². The van der Waals surface area contributed by atoms with Gasteiger partial charge in [0, 0.05) is 6.07 Å². The Bertz CT molecular complexity index is 979. The first-order valence-corrected chi connectivity index (χ1v) is 7.67. The van der Waals surface area contributed by atoms with Gasteiger partial charge in [-0.15, -0.1) is 0 Å². The van der Waals surface area contributed by atoms with E-state index in [0.29, 0.717) is 0 Å². The van der Waals surface area contributed by atoms with Gasteiger partial charge in [0.1, 0.15) is 17.9 Å². The molecule has 27 heavy (non-hydrogen) atoms. The minimum absolute atomic E-state index is 0.0857. The van der Waals surface area contributed by atoms with Crippen LogP contribution < -0.4 is 21.1 Å². The van der Waals surface area contributed by atoms with Crippen molar-refractivity contribution in [3.63, 3.8) is 0 Å². The molecule has 2 heterocycles. The second kappa shape index (κ2) is 7.11. The van der Waals surface area contributed by atoms with Gasteiger partial charge in [0.25, 0.3) is 0 Å². The summed E-state index contributed by atoms with van der Waals surface area (Å²) in [5, 5.41) is 30.0. The summed E-state index contributed by atoms with van der Waals surface area (Å²) in [5.74, 6) is -3.03. The fourth-order valence-corrected chi connectivity index (χ4v) is 2.89. The monoisotopic (exact) mass is 375 g/mol. The van der Waals surface area contributed by atoms with Crippen molar-refractivity contribution in [1.82, 2.24) is 0 Å². The maximum absolute atomic E-state index is 12.3. The Balaban J connectivity index is 2.36. The Morgan fingerprint density at radius 2 is 2.11 bits per heavy atom. The average molecular weight is 375 g/mol. The van der Waals surface area contributed by atoms with Gasteiger partial charge in [0.15, 0.2) is 5.76 Å². The number of aliphatic hydroxyl groups excluding tert-OH is 1. The van der Waals surface area contributed by atoms with E-state index < -0.39 is 29.8 Å². The van der Waals surface area contributed by atoms with Crippen LogP contribution >= 0.6 is 0 Å². The lowest BCUT2D eigenvalue weighted by Crippen LogP contribution is -2.30. The van der Waals surface area contributed by atoms with Crippen LogP contribution in [0.15, 0.2) is 51.0 Å². The van der Waals surface area contributed by atoms with Gasteiger partial charge >= 0.3 is 5.97 Å². The first kappa shape index (κ1) is 18.5. The van der Waals surface area contributed by atoms with Crippen molar-refractivity contribution in [2.75, 3.05) is 12.3 Å². The summed E-state index contributed by atoms with van der Waals surface area (Å²) < 4.78 is 15.5. The smallest absolute Gasteiger partial charge is 0.340 e. The van der Waals surface area contributed by atoms with Gasteiger partial charge in [-0.2, -0.15) is 0 Å². The third-order valence-corrected chi connectivity index (χ3v) is 4.02. The van der Waals surface area contributed by atoms with Crippen LogP contribution in [0.3, 0.4) is 0 Å². The van der Waals surface area contributed by atoms with Gasteiger partial charge in [-0.05, 0) is 11.6 Å². The number of hydrogen-bond donors (Lipinski definition) is 3. The number of aliphatic hydroxyl groups is 1. The van der Waals surface area contributed by atoms with Crippen molar-refractivity contribution in [1.29, 1.82) is 0 Å². The average Bonchev–Trinajstić information content (AvgIpc) is 2.66. The number of rotatable bonds is 4. The molecule has 0 aliphatic carbocycles. The van der Waals surface area contributed by atoms with Gasteiger partial charge in [0.05, 0.1) is 18.7 Å². The highest BCUT2D eigenvalue weighted by molar-refractivity contribution is 5.92. The summed E-state index contributed by atoms with van der Waals surface area (Å²) in [6.45, 7) is -0.586. The standard InChI is InChI=1S/C17H15N2O8/c1-25-17(22)13-12(9-4-2-3-5-10(9)19(23)24)15-14(27-16(13)18)11(21)6-8(7-20)26-15/h2-6,12,20,23H,7,18H2,1H3/q-1/t12-/m0/s1. The molecule has 10 nitrogen and oxygen atoms in total. The highest BCUT2D eigenvalue weighted by Crippen LogP contribution is 2.44. The maximum Gasteiger partial charge on any atom is 0.340 e. The summed E-state index contributed by atoms with van der Waals surface area (Å²) in [6, 6.07) is 6.81. The minimum atomic E-state index is -1.19. The highest BCUT2D eigenvalue weighted by atomic mass is 16.8. The van der Waals surface area contributed by atoms with Crippen LogP contribution in [0, 0.1) is 5.21 Å². The van der Waals surface area contributed by atoms with E-state index >= 15 is 0 Å². The Labute approximate surface area is 152 Å². The van der Waals surface area contributed by atoms with Gasteiger partial charge in [-0.3, -0.25) is 10.0 Å². The van der Waals surface area contributed by atoms with Crippen LogP contribution in [-0.4, -0.2) is 23.4 Å². The lowest BCUT2D eigenvalue weighted by atomic mass is 9.85. The number of carbonyl (C=O) groups excluding carboxylic acids is 1. The van der Waals surface area contributed by atoms with Crippen molar-refractivity contribution < 1.29 is 29.0 Å². The highest BCUT2D eigenvalue weighted by Gasteiger charge is 2.40. The van der Waals surface area contributed by atoms with E-state index in [9.17, 15) is 25.1 Å². The molecule has 0 spiro atoms. The van der Waals surface area contributed by atoms with E-state index in [1.54, 1.807) is 6.07 Å². The number of nitrogens with two attached hydrogens (primary N) is 1. The molecule has 1 aliphatic heterocycles. The van der Waals surface area contributed by atoms with E-state index in [4.69, 9.17) is 19.6 Å². The number of fused-ring (bicyclic) bond motifs is 1. The minimum Gasteiger partial charge on any atom is -0.733 e. The molecule has 2 aromatic rings. The fraction of sp³-hybridized carbons (Fsp3) is 0.176. The maximum atomic E-state index is 12.3. The molecule has 0 fully saturated rings. The lowest BCUT2D eigenvalue weighted by molar-refractivity contribution is -0.136. The van der Waals surface area contributed by atoms with Crippen molar-refractivity contribution in [2.45, 2.75) is 12.5 Å². The number of anilines is 1. The van der Waals surface area contributed by atoms with Crippen LogP contribution in [0.4, 0.5) is 5.69 Å². The van der Waals surface area contributed by atoms with Crippen molar-refractivity contribution in [3.8, 4) is 5.75 Å². The number of benzene rings is 1. The zero-order chi connectivity index (χ0) is 19.7. The SMILES string of the molecule is COC(=O)C1=C(N)Oc2c(oc(CO)cc2=O)[C@H]1c1ccccc1N([O-])O. The molecule has 0 radical (unpaired) electrons. The summed E-state index contributed by atoms with van der Waals surface area (Å²) in [6.07, 6.45) is 0. The van der Waals surface area contributed by atoms with Crippen molar-refractivity contribution in [3.05, 3.63) is 74.3 Å².